The van der Waals surface area contributed by atoms with Crippen molar-refractivity contribution in [3.63, 3.8) is 0 Å². The topological polar surface area (TPSA) is 50.9 Å². The number of aliphatic hydroxyl groups excluding tert-OH is 1. The van der Waals surface area contributed by atoms with Gasteiger partial charge in [0.05, 0.1) is 5.69 Å². The van der Waals surface area contributed by atoms with Crippen LogP contribution in [0, 0.1) is 0 Å². The summed E-state index contributed by atoms with van der Waals surface area (Å²) in [7, 11) is 0. The van der Waals surface area contributed by atoms with Crippen molar-refractivity contribution in [1.29, 1.82) is 0 Å². The van der Waals surface area contributed by atoms with E-state index in [9.17, 15) is 0 Å². The van der Waals surface area contributed by atoms with Gasteiger partial charge in [-0.3, -0.25) is 0 Å². The molecule has 1 aliphatic rings. The standard InChI is InChI=1S/C16H21N3OS/c20-11-5-2-6-12-21-16-17-15(13-9-10-13)19(18-16)14-7-3-1-4-8-14/h1,3-4,7-8,13,20H,2,5-6,9-12H2. The molecule has 0 spiro atoms. The van der Waals surface area contributed by atoms with Crippen LogP contribution in [0.4, 0.5) is 0 Å². The monoisotopic (exact) mass is 303 g/mol. The Hall–Kier alpha value is -1.33. The SMILES string of the molecule is OCCCCCSc1nc(C2CC2)n(-c2ccccc2)n1. The van der Waals surface area contributed by atoms with Gasteiger partial charge in [-0.25, -0.2) is 9.67 Å². The first kappa shape index (κ1) is 14.6. The third kappa shape index (κ3) is 3.86. The molecule has 1 heterocycles. The third-order valence-electron chi connectivity index (χ3n) is 3.59. The molecule has 0 saturated heterocycles. The number of aromatic nitrogens is 3. The van der Waals surface area contributed by atoms with Crippen molar-refractivity contribution in [1.82, 2.24) is 14.8 Å². The average Bonchev–Trinajstić information content (AvgIpc) is 3.28. The molecule has 4 nitrogen and oxygen atoms in total. The zero-order valence-electron chi connectivity index (χ0n) is 12.1. The van der Waals surface area contributed by atoms with Crippen molar-refractivity contribution in [3.05, 3.63) is 36.2 Å². The number of nitrogens with zero attached hydrogens (tertiary/aromatic N) is 3. The maximum atomic E-state index is 8.78. The molecule has 5 heteroatoms. The van der Waals surface area contributed by atoms with Crippen LogP contribution in [0.15, 0.2) is 35.5 Å². The highest BCUT2D eigenvalue weighted by atomic mass is 32.2. The predicted molar refractivity (Wildman–Crippen MR) is 85.0 cm³/mol. The summed E-state index contributed by atoms with van der Waals surface area (Å²) in [5.41, 5.74) is 1.10. The van der Waals surface area contributed by atoms with Gasteiger partial charge < -0.3 is 5.11 Å². The molecule has 112 valence electrons. The summed E-state index contributed by atoms with van der Waals surface area (Å²) in [6.07, 6.45) is 5.51. The lowest BCUT2D eigenvalue weighted by Crippen LogP contribution is -2.01. The Morgan fingerprint density at radius 3 is 2.67 bits per heavy atom. The Morgan fingerprint density at radius 2 is 1.95 bits per heavy atom. The fraction of sp³-hybridized carbons (Fsp3) is 0.500. The van der Waals surface area contributed by atoms with Crippen LogP contribution >= 0.6 is 11.8 Å². The van der Waals surface area contributed by atoms with Gasteiger partial charge in [0.1, 0.15) is 5.82 Å². The van der Waals surface area contributed by atoms with Gasteiger partial charge in [0.15, 0.2) is 0 Å². The van der Waals surface area contributed by atoms with Crippen LogP contribution in [-0.2, 0) is 0 Å². The first-order valence-electron chi connectivity index (χ1n) is 7.64. The number of hydrogen-bond acceptors (Lipinski definition) is 4. The molecule has 21 heavy (non-hydrogen) atoms. The van der Waals surface area contributed by atoms with E-state index in [4.69, 9.17) is 10.1 Å². The number of aliphatic hydroxyl groups is 1. The van der Waals surface area contributed by atoms with Crippen molar-refractivity contribution in [2.24, 2.45) is 0 Å². The molecule has 0 bridgehead atoms. The molecule has 2 aromatic rings. The normalized spacial score (nSPS) is 14.5. The van der Waals surface area contributed by atoms with Gasteiger partial charge in [0.25, 0.3) is 0 Å². The second kappa shape index (κ2) is 7.09. The number of para-hydroxylation sites is 1. The van der Waals surface area contributed by atoms with Gasteiger partial charge in [-0.1, -0.05) is 36.4 Å². The molecule has 3 rings (SSSR count). The van der Waals surface area contributed by atoms with Crippen LogP contribution < -0.4 is 0 Å². The second-order valence-electron chi connectivity index (χ2n) is 5.41. The molecular formula is C16H21N3OS. The minimum atomic E-state index is 0.289. The average molecular weight is 303 g/mol. The molecule has 1 aromatic heterocycles. The first-order valence-corrected chi connectivity index (χ1v) is 8.63. The van der Waals surface area contributed by atoms with Gasteiger partial charge in [-0.2, -0.15) is 0 Å². The molecule has 0 atom stereocenters. The van der Waals surface area contributed by atoms with Gasteiger partial charge in [-0.15, -0.1) is 5.10 Å². The van der Waals surface area contributed by atoms with Crippen LogP contribution in [0.2, 0.25) is 0 Å². The molecule has 0 amide bonds. The summed E-state index contributed by atoms with van der Waals surface area (Å²) < 4.78 is 2.01. The molecule has 1 aromatic carbocycles. The van der Waals surface area contributed by atoms with Crippen LogP contribution in [-0.4, -0.2) is 32.2 Å². The Labute approximate surface area is 129 Å². The van der Waals surface area contributed by atoms with Gasteiger partial charge in [-0.05, 0) is 37.8 Å². The molecule has 0 aliphatic heterocycles. The first-order chi connectivity index (χ1) is 10.4. The Kier molecular flexibility index (Phi) is 4.93. The lowest BCUT2D eigenvalue weighted by Gasteiger charge is -2.03. The largest absolute Gasteiger partial charge is 0.396 e. The van der Waals surface area contributed by atoms with E-state index < -0.39 is 0 Å². The second-order valence-corrected chi connectivity index (χ2v) is 6.47. The summed E-state index contributed by atoms with van der Waals surface area (Å²) in [6.45, 7) is 0.289. The van der Waals surface area contributed by atoms with E-state index in [-0.39, 0.29) is 6.61 Å². The summed E-state index contributed by atoms with van der Waals surface area (Å²) in [6, 6.07) is 10.3. The molecule has 1 N–H and O–H groups in total. The van der Waals surface area contributed by atoms with E-state index in [0.29, 0.717) is 5.92 Å². The minimum Gasteiger partial charge on any atom is -0.396 e. The highest BCUT2D eigenvalue weighted by Crippen LogP contribution is 2.40. The van der Waals surface area contributed by atoms with Gasteiger partial charge in [0.2, 0.25) is 5.16 Å². The van der Waals surface area contributed by atoms with Crippen molar-refractivity contribution >= 4 is 11.8 Å². The number of rotatable bonds is 8. The summed E-state index contributed by atoms with van der Waals surface area (Å²) >= 11 is 1.72. The van der Waals surface area contributed by atoms with E-state index in [1.807, 2.05) is 22.9 Å². The van der Waals surface area contributed by atoms with Crippen molar-refractivity contribution < 1.29 is 5.11 Å². The highest BCUT2D eigenvalue weighted by Gasteiger charge is 2.30. The Morgan fingerprint density at radius 1 is 1.14 bits per heavy atom. The van der Waals surface area contributed by atoms with Crippen LogP contribution in [0.1, 0.15) is 43.8 Å². The van der Waals surface area contributed by atoms with Gasteiger partial charge >= 0.3 is 0 Å². The number of unbranched alkanes of at least 4 members (excludes halogenated alkanes) is 2. The number of benzene rings is 1. The van der Waals surface area contributed by atoms with E-state index in [1.54, 1.807) is 11.8 Å². The van der Waals surface area contributed by atoms with E-state index in [2.05, 4.69) is 17.2 Å². The molecule has 1 fully saturated rings. The summed E-state index contributed by atoms with van der Waals surface area (Å²) in [5.74, 6) is 2.71. The quantitative estimate of drug-likeness (QED) is 0.600. The smallest absolute Gasteiger partial charge is 0.209 e. The third-order valence-corrected chi connectivity index (χ3v) is 4.51. The maximum absolute atomic E-state index is 8.78. The molecule has 0 radical (unpaired) electrons. The van der Waals surface area contributed by atoms with Crippen molar-refractivity contribution in [3.8, 4) is 5.69 Å². The molecular weight excluding hydrogens is 282 g/mol. The molecule has 1 aliphatic carbocycles. The Bertz CT molecular complexity index is 566. The van der Waals surface area contributed by atoms with E-state index in [0.717, 1.165) is 41.7 Å². The van der Waals surface area contributed by atoms with E-state index >= 15 is 0 Å². The lowest BCUT2D eigenvalue weighted by atomic mass is 10.3. The summed E-state index contributed by atoms with van der Waals surface area (Å²) in [5, 5.41) is 14.3. The number of hydrogen-bond donors (Lipinski definition) is 1. The number of thioether (sulfide) groups is 1. The zero-order chi connectivity index (χ0) is 14.5. The fourth-order valence-electron chi connectivity index (χ4n) is 2.28. The lowest BCUT2D eigenvalue weighted by molar-refractivity contribution is 0.284. The van der Waals surface area contributed by atoms with Crippen LogP contribution in [0.3, 0.4) is 0 Å². The fourth-order valence-corrected chi connectivity index (χ4v) is 3.11. The van der Waals surface area contributed by atoms with Crippen LogP contribution in [0.5, 0.6) is 0 Å². The zero-order valence-corrected chi connectivity index (χ0v) is 12.9. The highest BCUT2D eigenvalue weighted by molar-refractivity contribution is 7.99. The molecule has 0 unspecified atom stereocenters. The van der Waals surface area contributed by atoms with Crippen LogP contribution in [0.25, 0.3) is 5.69 Å². The van der Waals surface area contributed by atoms with Crippen molar-refractivity contribution in [2.45, 2.75) is 43.2 Å². The van der Waals surface area contributed by atoms with Gasteiger partial charge in [0, 0.05) is 18.3 Å². The Balaban J connectivity index is 1.68. The molecule has 1 saturated carbocycles. The maximum Gasteiger partial charge on any atom is 0.209 e. The minimum absolute atomic E-state index is 0.289. The predicted octanol–water partition coefficient (Wildman–Crippen LogP) is 3.40. The van der Waals surface area contributed by atoms with E-state index in [1.165, 1.54) is 12.8 Å². The summed E-state index contributed by atoms with van der Waals surface area (Å²) in [4.78, 5) is 4.73. The van der Waals surface area contributed by atoms with Crippen molar-refractivity contribution in [2.75, 3.05) is 12.4 Å².